The van der Waals surface area contributed by atoms with Crippen molar-refractivity contribution >= 4 is 45.3 Å². The molecule has 0 fully saturated rings. The second-order valence-electron chi connectivity index (χ2n) is 4.59. The summed E-state index contributed by atoms with van der Waals surface area (Å²) >= 11 is 2.16. The molecule has 5 heteroatoms. The van der Waals surface area contributed by atoms with Crippen LogP contribution in [-0.2, 0) is 5.41 Å². The highest BCUT2D eigenvalue weighted by molar-refractivity contribution is 14.1. The van der Waals surface area contributed by atoms with Gasteiger partial charge in [-0.3, -0.25) is 0 Å². The number of nitrogen functional groups attached to an aromatic ring is 4. The van der Waals surface area contributed by atoms with Gasteiger partial charge in [0.2, 0.25) is 0 Å². The molecule has 0 aliphatic rings. The molecule has 1 aromatic carbocycles. The van der Waals surface area contributed by atoms with E-state index in [1.807, 2.05) is 0 Å². The van der Waals surface area contributed by atoms with Crippen molar-refractivity contribution in [2.45, 2.75) is 26.2 Å². The summed E-state index contributed by atoms with van der Waals surface area (Å²) in [6, 6.07) is 0. The molecule has 0 atom stereocenters. The van der Waals surface area contributed by atoms with E-state index in [4.69, 9.17) is 22.9 Å². The number of halogens is 1. The van der Waals surface area contributed by atoms with Crippen molar-refractivity contribution in [1.82, 2.24) is 0 Å². The highest BCUT2D eigenvalue weighted by Gasteiger charge is 2.25. The van der Waals surface area contributed by atoms with Crippen molar-refractivity contribution in [1.29, 1.82) is 0 Å². The zero-order valence-corrected chi connectivity index (χ0v) is 11.3. The molecule has 0 radical (unpaired) electrons. The Bertz CT molecular complexity index is 378. The van der Waals surface area contributed by atoms with Gasteiger partial charge in [-0.25, -0.2) is 0 Å². The zero-order valence-electron chi connectivity index (χ0n) is 9.19. The highest BCUT2D eigenvalue weighted by Crippen LogP contribution is 2.42. The first-order chi connectivity index (χ1) is 6.68. The minimum atomic E-state index is -0.101. The Kier molecular flexibility index (Phi) is 2.95. The van der Waals surface area contributed by atoms with Crippen LogP contribution in [-0.4, -0.2) is 0 Å². The maximum absolute atomic E-state index is 5.97. The second-order valence-corrected chi connectivity index (χ2v) is 5.67. The van der Waals surface area contributed by atoms with Crippen molar-refractivity contribution in [3.63, 3.8) is 0 Å². The lowest BCUT2D eigenvalue weighted by atomic mass is 9.84. The summed E-state index contributed by atoms with van der Waals surface area (Å²) in [4.78, 5) is 0. The molecule has 1 aromatic rings. The van der Waals surface area contributed by atoms with E-state index in [0.717, 1.165) is 9.13 Å². The van der Waals surface area contributed by atoms with Crippen LogP contribution in [0.3, 0.4) is 0 Å². The summed E-state index contributed by atoms with van der Waals surface area (Å²) in [7, 11) is 0. The van der Waals surface area contributed by atoms with E-state index >= 15 is 0 Å². The molecule has 0 aromatic heterocycles. The molecule has 0 aliphatic heterocycles. The van der Waals surface area contributed by atoms with Crippen LogP contribution in [0.2, 0.25) is 0 Å². The Morgan fingerprint density at radius 3 is 1.60 bits per heavy atom. The van der Waals surface area contributed by atoms with Crippen molar-refractivity contribution in [2.24, 2.45) is 0 Å². The topological polar surface area (TPSA) is 104 Å². The van der Waals surface area contributed by atoms with E-state index < -0.39 is 0 Å². The molecule has 84 valence electrons. The summed E-state index contributed by atoms with van der Waals surface area (Å²) in [5.74, 6) is 0. The lowest BCUT2D eigenvalue weighted by Gasteiger charge is -2.26. The maximum Gasteiger partial charge on any atom is 0.0813 e. The lowest BCUT2D eigenvalue weighted by molar-refractivity contribution is 0.590. The summed E-state index contributed by atoms with van der Waals surface area (Å²) < 4.78 is 0.893. The molecule has 1 rings (SSSR count). The van der Waals surface area contributed by atoms with Gasteiger partial charge < -0.3 is 22.9 Å². The van der Waals surface area contributed by atoms with Crippen LogP contribution in [0.25, 0.3) is 0 Å². The van der Waals surface area contributed by atoms with E-state index in [1.54, 1.807) is 0 Å². The van der Waals surface area contributed by atoms with Crippen LogP contribution in [0, 0.1) is 3.57 Å². The standard InChI is InChI=1S/C10H17IN4/c1-10(2,3)4-5(11)7(13)9(15)8(14)6(4)12/h12-15H2,1-3H3. The van der Waals surface area contributed by atoms with Crippen molar-refractivity contribution < 1.29 is 0 Å². The molecule has 8 N–H and O–H groups in total. The fourth-order valence-corrected chi connectivity index (χ4v) is 2.92. The van der Waals surface area contributed by atoms with Crippen LogP contribution < -0.4 is 22.9 Å². The van der Waals surface area contributed by atoms with Crippen molar-refractivity contribution in [2.75, 3.05) is 22.9 Å². The van der Waals surface area contributed by atoms with Gasteiger partial charge in [-0.05, 0) is 33.6 Å². The highest BCUT2D eigenvalue weighted by atomic mass is 127. The molecular formula is C10H17IN4. The molecule has 0 bridgehead atoms. The van der Waals surface area contributed by atoms with Crippen molar-refractivity contribution in [3.8, 4) is 0 Å². The molecule has 0 spiro atoms. The van der Waals surface area contributed by atoms with E-state index in [1.165, 1.54) is 0 Å². The van der Waals surface area contributed by atoms with Crippen molar-refractivity contribution in [3.05, 3.63) is 9.13 Å². The van der Waals surface area contributed by atoms with Crippen LogP contribution in [0.5, 0.6) is 0 Å². The average Bonchev–Trinajstić information content (AvgIpc) is 2.09. The Morgan fingerprint density at radius 2 is 1.20 bits per heavy atom. The SMILES string of the molecule is CC(C)(C)c1c(N)c(N)c(N)c(N)c1I. The number of hydrogen-bond donors (Lipinski definition) is 4. The molecule has 0 aliphatic carbocycles. The summed E-state index contributed by atoms with van der Waals surface area (Å²) in [5.41, 5.74) is 26.1. The Morgan fingerprint density at radius 1 is 0.800 bits per heavy atom. The first kappa shape index (κ1) is 12.2. The van der Waals surface area contributed by atoms with Crippen LogP contribution in [0.4, 0.5) is 22.7 Å². The predicted molar refractivity (Wildman–Crippen MR) is 75.5 cm³/mol. The van der Waals surface area contributed by atoms with Gasteiger partial charge in [0.1, 0.15) is 0 Å². The molecule has 4 nitrogen and oxygen atoms in total. The van der Waals surface area contributed by atoms with Crippen LogP contribution in [0.1, 0.15) is 26.3 Å². The largest absolute Gasteiger partial charge is 0.397 e. The van der Waals surface area contributed by atoms with Gasteiger partial charge >= 0.3 is 0 Å². The first-order valence-electron chi connectivity index (χ1n) is 4.59. The number of hydrogen-bond acceptors (Lipinski definition) is 4. The van der Waals surface area contributed by atoms with Crippen LogP contribution in [0.15, 0.2) is 0 Å². The fourth-order valence-electron chi connectivity index (χ4n) is 1.53. The summed E-state index contributed by atoms with van der Waals surface area (Å²) in [6.07, 6.45) is 0. The first-order valence-corrected chi connectivity index (χ1v) is 5.67. The fraction of sp³-hybridized carbons (Fsp3) is 0.400. The van der Waals surface area contributed by atoms with Gasteiger partial charge in [-0.1, -0.05) is 20.8 Å². The molecule has 0 amide bonds. The quantitative estimate of drug-likeness (QED) is 0.433. The molecular weight excluding hydrogens is 303 g/mol. The Hall–Kier alpha value is -0.850. The van der Waals surface area contributed by atoms with Gasteiger partial charge in [0.25, 0.3) is 0 Å². The van der Waals surface area contributed by atoms with E-state index in [2.05, 4.69) is 43.4 Å². The molecule has 0 unspecified atom stereocenters. The Labute approximate surface area is 104 Å². The lowest BCUT2D eigenvalue weighted by Crippen LogP contribution is -2.19. The second kappa shape index (κ2) is 3.62. The Balaban J connectivity index is 3.68. The minimum Gasteiger partial charge on any atom is -0.397 e. The van der Waals surface area contributed by atoms with Gasteiger partial charge in [-0.2, -0.15) is 0 Å². The number of rotatable bonds is 0. The smallest absolute Gasteiger partial charge is 0.0813 e. The molecule has 0 heterocycles. The number of anilines is 4. The molecule has 0 saturated carbocycles. The third-order valence-electron chi connectivity index (χ3n) is 2.35. The summed E-state index contributed by atoms with van der Waals surface area (Å²) in [5, 5.41) is 0. The average molecular weight is 320 g/mol. The minimum absolute atomic E-state index is 0.101. The normalized spacial score (nSPS) is 11.7. The number of nitrogens with two attached hydrogens (primary N) is 4. The predicted octanol–water partition coefficient (Wildman–Crippen LogP) is 1.92. The van der Waals surface area contributed by atoms with E-state index in [-0.39, 0.29) is 5.41 Å². The van der Waals surface area contributed by atoms with Gasteiger partial charge in [-0.15, -0.1) is 0 Å². The summed E-state index contributed by atoms with van der Waals surface area (Å²) in [6.45, 7) is 6.20. The van der Waals surface area contributed by atoms with Gasteiger partial charge in [0, 0.05) is 3.57 Å². The molecule has 0 saturated heterocycles. The van der Waals surface area contributed by atoms with E-state index in [0.29, 0.717) is 22.7 Å². The van der Waals surface area contributed by atoms with Gasteiger partial charge in [0.15, 0.2) is 0 Å². The van der Waals surface area contributed by atoms with E-state index in [9.17, 15) is 0 Å². The maximum atomic E-state index is 5.97. The third-order valence-corrected chi connectivity index (χ3v) is 3.47. The zero-order chi connectivity index (χ0) is 12.0. The molecule has 15 heavy (non-hydrogen) atoms. The monoisotopic (exact) mass is 320 g/mol. The third kappa shape index (κ3) is 1.92. The number of benzene rings is 1. The van der Waals surface area contributed by atoms with Gasteiger partial charge in [0.05, 0.1) is 22.7 Å². The van der Waals surface area contributed by atoms with Crippen LogP contribution >= 0.6 is 22.6 Å².